The van der Waals surface area contributed by atoms with E-state index in [2.05, 4.69) is 31.0 Å². The first-order chi connectivity index (χ1) is 13.6. The summed E-state index contributed by atoms with van der Waals surface area (Å²) in [6.45, 7) is 4.95. The number of ether oxygens (including phenoxy) is 1. The highest BCUT2D eigenvalue weighted by Crippen LogP contribution is 2.25. The first-order valence-electron chi connectivity index (χ1n) is 9.70. The molecule has 1 aromatic heterocycles. The van der Waals surface area contributed by atoms with Gasteiger partial charge in [0.15, 0.2) is 4.80 Å². The third-order valence-electron chi connectivity index (χ3n) is 4.53. The summed E-state index contributed by atoms with van der Waals surface area (Å²) >= 11 is 1.57. The molecule has 0 aliphatic rings. The Kier molecular flexibility index (Phi) is 6.82. The van der Waals surface area contributed by atoms with Crippen molar-refractivity contribution in [1.29, 1.82) is 0 Å². The molecule has 0 radical (unpaired) electrons. The van der Waals surface area contributed by atoms with Crippen LogP contribution in [0.25, 0.3) is 11.3 Å². The number of hydrogen-bond donors (Lipinski definition) is 0. The van der Waals surface area contributed by atoms with Gasteiger partial charge < -0.3 is 9.30 Å². The molecule has 0 aliphatic heterocycles. The molecule has 3 aromatic rings. The van der Waals surface area contributed by atoms with Crippen LogP contribution in [-0.2, 0) is 13.5 Å². The second kappa shape index (κ2) is 9.51. The number of benzene rings is 2. The van der Waals surface area contributed by atoms with Crippen molar-refractivity contribution in [2.45, 2.75) is 33.1 Å². The van der Waals surface area contributed by atoms with Gasteiger partial charge in [0.2, 0.25) is 0 Å². The maximum Gasteiger partial charge on any atom is 0.279 e. The first kappa shape index (κ1) is 20.1. The van der Waals surface area contributed by atoms with Gasteiger partial charge in [-0.25, -0.2) is 0 Å². The van der Waals surface area contributed by atoms with Crippen LogP contribution in [-0.4, -0.2) is 17.1 Å². The smallest absolute Gasteiger partial charge is 0.279 e. The molecule has 0 saturated carbocycles. The van der Waals surface area contributed by atoms with E-state index in [0.29, 0.717) is 17.0 Å². The summed E-state index contributed by atoms with van der Waals surface area (Å²) in [6, 6.07) is 17.5. The molecule has 3 rings (SSSR count). The first-order valence-corrected chi connectivity index (χ1v) is 10.5. The molecule has 5 heteroatoms. The molecule has 0 atom stereocenters. The van der Waals surface area contributed by atoms with Gasteiger partial charge in [0.1, 0.15) is 5.75 Å². The van der Waals surface area contributed by atoms with Gasteiger partial charge in [0.25, 0.3) is 5.91 Å². The largest absolute Gasteiger partial charge is 0.494 e. The summed E-state index contributed by atoms with van der Waals surface area (Å²) in [5.74, 6) is 0.547. The zero-order valence-corrected chi connectivity index (χ0v) is 17.5. The molecule has 0 saturated heterocycles. The number of amides is 1. The zero-order valence-electron chi connectivity index (χ0n) is 16.6. The molecule has 1 heterocycles. The molecule has 1 amide bonds. The van der Waals surface area contributed by atoms with Crippen LogP contribution in [0, 0.1) is 0 Å². The van der Waals surface area contributed by atoms with Crippen molar-refractivity contribution in [1.82, 2.24) is 4.57 Å². The van der Waals surface area contributed by atoms with E-state index >= 15 is 0 Å². The number of carbonyl (C=O) groups excluding carboxylic acids is 1. The Morgan fingerprint density at radius 3 is 2.43 bits per heavy atom. The molecule has 0 aliphatic carbocycles. The average molecular weight is 395 g/mol. The molecule has 0 unspecified atom stereocenters. The molecule has 0 spiro atoms. The highest BCUT2D eigenvalue weighted by atomic mass is 32.1. The van der Waals surface area contributed by atoms with Gasteiger partial charge in [-0.15, -0.1) is 11.3 Å². The summed E-state index contributed by atoms with van der Waals surface area (Å²) in [4.78, 5) is 19.0. The number of unbranched alkanes of at least 4 members (excludes halogenated alkanes) is 1. The minimum atomic E-state index is -0.237. The van der Waals surface area contributed by atoms with Gasteiger partial charge in [-0.1, -0.05) is 50.6 Å². The minimum Gasteiger partial charge on any atom is -0.494 e. The summed E-state index contributed by atoms with van der Waals surface area (Å²) < 4.78 is 7.67. The van der Waals surface area contributed by atoms with E-state index in [-0.39, 0.29) is 5.91 Å². The Morgan fingerprint density at radius 1 is 1.07 bits per heavy atom. The number of aryl methyl sites for hydroxylation is 1. The van der Waals surface area contributed by atoms with Gasteiger partial charge in [0, 0.05) is 17.5 Å². The fourth-order valence-electron chi connectivity index (χ4n) is 2.98. The lowest BCUT2D eigenvalue weighted by Crippen LogP contribution is -2.14. The van der Waals surface area contributed by atoms with Crippen LogP contribution in [0.2, 0.25) is 0 Å². The minimum absolute atomic E-state index is 0.237. The SMILES string of the molecule is CCCCOc1ccc(C(=O)N=c2sc(CC)c(-c3ccccc3)n2C)cc1. The van der Waals surface area contributed by atoms with E-state index in [1.807, 2.05) is 41.9 Å². The Hall–Kier alpha value is -2.66. The summed E-state index contributed by atoms with van der Waals surface area (Å²) in [7, 11) is 1.97. The highest BCUT2D eigenvalue weighted by molar-refractivity contribution is 7.09. The van der Waals surface area contributed by atoms with E-state index < -0.39 is 0 Å². The number of thiazole rings is 1. The fraction of sp³-hybridized carbons (Fsp3) is 0.304. The molecular formula is C23H26N2O2S. The lowest BCUT2D eigenvalue weighted by molar-refractivity contribution is 0.0998. The van der Waals surface area contributed by atoms with Crippen molar-refractivity contribution >= 4 is 17.2 Å². The van der Waals surface area contributed by atoms with Gasteiger partial charge >= 0.3 is 0 Å². The standard InChI is InChI=1S/C23H26N2O2S/c1-4-6-16-27-19-14-12-18(13-15-19)22(26)24-23-25(3)21(20(5-2)28-23)17-10-8-7-9-11-17/h7-15H,4-6,16H2,1-3H3. The van der Waals surface area contributed by atoms with Crippen LogP contribution in [0.4, 0.5) is 0 Å². The van der Waals surface area contributed by atoms with E-state index in [9.17, 15) is 4.79 Å². The maximum atomic E-state index is 12.7. The number of aromatic nitrogens is 1. The van der Waals surface area contributed by atoms with Crippen molar-refractivity contribution < 1.29 is 9.53 Å². The van der Waals surface area contributed by atoms with Crippen LogP contribution < -0.4 is 9.54 Å². The predicted molar refractivity (Wildman–Crippen MR) is 115 cm³/mol. The van der Waals surface area contributed by atoms with Crippen LogP contribution in [0.5, 0.6) is 5.75 Å². The van der Waals surface area contributed by atoms with E-state index in [0.717, 1.165) is 36.3 Å². The Bertz CT molecular complexity index is 986. The molecule has 146 valence electrons. The van der Waals surface area contributed by atoms with E-state index in [1.54, 1.807) is 23.5 Å². The Labute approximate surface area is 170 Å². The van der Waals surface area contributed by atoms with Gasteiger partial charge in [-0.3, -0.25) is 4.79 Å². The van der Waals surface area contributed by atoms with Crippen LogP contribution >= 0.6 is 11.3 Å². The third-order valence-corrected chi connectivity index (χ3v) is 5.81. The average Bonchev–Trinajstić information content (AvgIpc) is 3.04. The normalized spacial score (nSPS) is 11.6. The van der Waals surface area contributed by atoms with E-state index in [1.165, 1.54) is 4.88 Å². The predicted octanol–water partition coefficient (Wildman–Crippen LogP) is 5.24. The van der Waals surface area contributed by atoms with Gasteiger partial charge in [-0.05, 0) is 42.7 Å². The zero-order chi connectivity index (χ0) is 19.9. The van der Waals surface area contributed by atoms with Crippen molar-refractivity contribution in [3.63, 3.8) is 0 Å². The second-order valence-corrected chi connectivity index (χ2v) is 7.64. The molecule has 0 N–H and O–H groups in total. The summed E-state index contributed by atoms with van der Waals surface area (Å²) in [6.07, 6.45) is 3.02. The number of nitrogens with zero attached hydrogens (tertiary/aromatic N) is 2. The van der Waals surface area contributed by atoms with Crippen LogP contribution in [0.3, 0.4) is 0 Å². The Balaban J connectivity index is 1.87. The second-order valence-electron chi connectivity index (χ2n) is 6.58. The van der Waals surface area contributed by atoms with Gasteiger partial charge in [-0.2, -0.15) is 4.99 Å². The lowest BCUT2D eigenvalue weighted by Gasteiger charge is -2.06. The highest BCUT2D eigenvalue weighted by Gasteiger charge is 2.13. The summed E-state index contributed by atoms with van der Waals surface area (Å²) in [5.41, 5.74) is 2.83. The monoisotopic (exact) mass is 394 g/mol. The Morgan fingerprint density at radius 2 is 1.79 bits per heavy atom. The van der Waals surface area contributed by atoms with Crippen molar-refractivity contribution in [3.05, 3.63) is 69.8 Å². The number of hydrogen-bond acceptors (Lipinski definition) is 3. The van der Waals surface area contributed by atoms with Crippen molar-refractivity contribution in [2.24, 2.45) is 12.0 Å². The quantitative estimate of drug-likeness (QED) is 0.515. The molecule has 0 bridgehead atoms. The lowest BCUT2D eigenvalue weighted by atomic mass is 10.1. The molecular weight excluding hydrogens is 368 g/mol. The van der Waals surface area contributed by atoms with Gasteiger partial charge in [0.05, 0.1) is 12.3 Å². The number of rotatable bonds is 7. The maximum absolute atomic E-state index is 12.7. The number of carbonyl (C=O) groups is 1. The molecule has 0 fully saturated rings. The third kappa shape index (κ3) is 4.60. The summed E-state index contributed by atoms with van der Waals surface area (Å²) in [5, 5.41) is 0. The van der Waals surface area contributed by atoms with Crippen molar-refractivity contribution in [2.75, 3.05) is 6.61 Å². The molecule has 2 aromatic carbocycles. The van der Waals surface area contributed by atoms with E-state index in [4.69, 9.17) is 4.74 Å². The topological polar surface area (TPSA) is 43.6 Å². The molecule has 28 heavy (non-hydrogen) atoms. The van der Waals surface area contributed by atoms with Crippen LogP contribution in [0.1, 0.15) is 41.9 Å². The fourth-order valence-corrected chi connectivity index (χ4v) is 4.05. The van der Waals surface area contributed by atoms with Crippen molar-refractivity contribution in [3.8, 4) is 17.0 Å². The molecule has 4 nitrogen and oxygen atoms in total. The van der Waals surface area contributed by atoms with Crippen LogP contribution in [0.15, 0.2) is 59.6 Å².